The summed E-state index contributed by atoms with van der Waals surface area (Å²) < 4.78 is 16.9. The molecule has 0 aliphatic heterocycles. The molecule has 2 atom stereocenters. The maximum Gasteiger partial charge on any atom is 0.306 e. The van der Waals surface area contributed by atoms with E-state index in [0.717, 1.165) is 75.5 Å². The molecule has 0 amide bonds. The van der Waals surface area contributed by atoms with E-state index in [1.807, 2.05) is 0 Å². The van der Waals surface area contributed by atoms with Crippen LogP contribution in [0.3, 0.4) is 0 Å². The van der Waals surface area contributed by atoms with Crippen molar-refractivity contribution in [2.24, 2.45) is 17.8 Å². The molecule has 0 saturated heterocycles. The SMILES string of the molecule is CCC(C)CCCCCCCCCCCCCCCCC(=O)O[C@@H](COC(=O)CCCCCCCCCCCCCCCCCCC(C)C)COC(=O)CCCCCCCCCCCCCC(C)C. The molecule has 0 N–H and O–H groups in total. The van der Waals surface area contributed by atoms with Crippen LogP contribution in [0, 0.1) is 17.8 Å². The third-order valence-electron chi connectivity index (χ3n) is 14.8. The van der Waals surface area contributed by atoms with E-state index in [-0.39, 0.29) is 31.1 Å². The monoisotopic (exact) mass is 975 g/mol. The predicted octanol–water partition coefficient (Wildman–Crippen LogP) is 20.7. The lowest BCUT2D eigenvalue weighted by Gasteiger charge is -2.18. The van der Waals surface area contributed by atoms with E-state index in [4.69, 9.17) is 14.2 Å². The van der Waals surface area contributed by atoms with Gasteiger partial charge in [0, 0.05) is 19.3 Å². The van der Waals surface area contributed by atoms with Gasteiger partial charge in [-0.25, -0.2) is 0 Å². The van der Waals surface area contributed by atoms with Crippen LogP contribution in [0.1, 0.15) is 350 Å². The van der Waals surface area contributed by atoms with Gasteiger partial charge in [-0.05, 0) is 37.0 Å². The maximum absolute atomic E-state index is 12.9. The summed E-state index contributed by atoms with van der Waals surface area (Å²) >= 11 is 0. The molecule has 0 rings (SSSR count). The van der Waals surface area contributed by atoms with Gasteiger partial charge in [-0.2, -0.15) is 0 Å². The fourth-order valence-corrected chi connectivity index (χ4v) is 9.67. The fraction of sp³-hybridized carbons (Fsp3) is 0.952. The normalized spacial score (nSPS) is 12.5. The first-order valence-corrected chi connectivity index (χ1v) is 31.1. The predicted molar refractivity (Wildman–Crippen MR) is 298 cm³/mol. The van der Waals surface area contributed by atoms with Gasteiger partial charge in [0.2, 0.25) is 0 Å². The Morgan fingerprint density at radius 1 is 0.290 bits per heavy atom. The highest BCUT2D eigenvalue weighted by molar-refractivity contribution is 5.71. The molecule has 0 aromatic rings. The molecule has 6 heteroatoms. The van der Waals surface area contributed by atoms with Crippen molar-refractivity contribution in [1.29, 1.82) is 0 Å². The Bertz CT molecular complexity index is 1070. The van der Waals surface area contributed by atoms with Gasteiger partial charge in [0.25, 0.3) is 0 Å². The minimum atomic E-state index is -0.764. The van der Waals surface area contributed by atoms with Crippen molar-refractivity contribution in [3.8, 4) is 0 Å². The Hall–Kier alpha value is -1.59. The van der Waals surface area contributed by atoms with Crippen LogP contribution in [0.15, 0.2) is 0 Å². The largest absolute Gasteiger partial charge is 0.462 e. The van der Waals surface area contributed by atoms with Gasteiger partial charge in [0.1, 0.15) is 13.2 Å². The summed E-state index contributed by atoms with van der Waals surface area (Å²) in [6, 6.07) is 0. The van der Waals surface area contributed by atoms with Gasteiger partial charge in [0.05, 0.1) is 0 Å². The fourth-order valence-electron chi connectivity index (χ4n) is 9.67. The third kappa shape index (κ3) is 55.6. The first kappa shape index (κ1) is 67.4. The van der Waals surface area contributed by atoms with Gasteiger partial charge in [-0.15, -0.1) is 0 Å². The van der Waals surface area contributed by atoms with Crippen molar-refractivity contribution in [2.75, 3.05) is 13.2 Å². The Labute approximate surface area is 431 Å². The highest BCUT2D eigenvalue weighted by Crippen LogP contribution is 2.19. The zero-order chi connectivity index (χ0) is 50.5. The molecular weight excluding hydrogens is 853 g/mol. The van der Waals surface area contributed by atoms with Crippen molar-refractivity contribution in [1.82, 2.24) is 0 Å². The van der Waals surface area contributed by atoms with Crippen LogP contribution < -0.4 is 0 Å². The molecule has 0 aromatic carbocycles. The number of carbonyl (C=O) groups is 3. The van der Waals surface area contributed by atoms with E-state index in [9.17, 15) is 14.4 Å². The molecule has 0 bridgehead atoms. The lowest BCUT2D eigenvalue weighted by atomic mass is 9.99. The molecule has 1 unspecified atom stereocenters. The summed E-state index contributed by atoms with van der Waals surface area (Å²) in [4.78, 5) is 38.3. The Kier molecular flexibility index (Phi) is 52.9. The van der Waals surface area contributed by atoms with Gasteiger partial charge in [-0.1, -0.05) is 311 Å². The maximum atomic E-state index is 12.9. The van der Waals surface area contributed by atoms with Crippen molar-refractivity contribution in [2.45, 2.75) is 356 Å². The number of unbranched alkanes of at least 4 members (excludes halogenated alkanes) is 38. The van der Waals surface area contributed by atoms with Gasteiger partial charge < -0.3 is 14.2 Å². The molecule has 0 aliphatic carbocycles. The zero-order valence-electron chi connectivity index (χ0n) is 47.6. The number of hydrogen-bond donors (Lipinski definition) is 0. The summed E-state index contributed by atoms with van der Waals surface area (Å²) in [5, 5.41) is 0. The van der Waals surface area contributed by atoms with Gasteiger partial charge in [0.15, 0.2) is 6.10 Å². The summed E-state index contributed by atoms with van der Waals surface area (Å²) in [5.41, 5.74) is 0. The highest BCUT2D eigenvalue weighted by atomic mass is 16.6. The Morgan fingerprint density at radius 2 is 0.507 bits per heavy atom. The van der Waals surface area contributed by atoms with Crippen LogP contribution >= 0.6 is 0 Å². The molecule has 0 radical (unpaired) electrons. The molecule has 6 nitrogen and oxygen atoms in total. The summed E-state index contributed by atoms with van der Waals surface area (Å²) in [5.74, 6) is 1.74. The molecular formula is C63H122O6. The molecule has 69 heavy (non-hydrogen) atoms. The average molecular weight is 976 g/mol. The number of rotatable bonds is 56. The molecule has 0 aromatic heterocycles. The molecule has 0 fully saturated rings. The second-order valence-electron chi connectivity index (χ2n) is 22.9. The van der Waals surface area contributed by atoms with Crippen LogP contribution in [0.2, 0.25) is 0 Å². The van der Waals surface area contributed by atoms with E-state index in [2.05, 4.69) is 41.5 Å². The van der Waals surface area contributed by atoms with Crippen LogP contribution in [0.4, 0.5) is 0 Å². The van der Waals surface area contributed by atoms with E-state index in [0.29, 0.717) is 19.3 Å². The summed E-state index contributed by atoms with van der Waals surface area (Å²) in [7, 11) is 0. The number of ether oxygens (including phenoxy) is 3. The van der Waals surface area contributed by atoms with Crippen LogP contribution in [-0.2, 0) is 28.6 Å². The van der Waals surface area contributed by atoms with Crippen molar-refractivity contribution in [3.05, 3.63) is 0 Å². The third-order valence-corrected chi connectivity index (χ3v) is 14.8. The number of esters is 3. The zero-order valence-corrected chi connectivity index (χ0v) is 47.6. The first-order chi connectivity index (χ1) is 33.6. The summed E-state index contributed by atoms with van der Waals surface area (Å²) in [6.07, 6.45) is 58.1. The first-order valence-electron chi connectivity index (χ1n) is 31.1. The Balaban J connectivity index is 4.29. The molecule has 0 spiro atoms. The van der Waals surface area contributed by atoms with Crippen LogP contribution in [0.5, 0.6) is 0 Å². The van der Waals surface area contributed by atoms with Gasteiger partial charge in [-0.3, -0.25) is 14.4 Å². The van der Waals surface area contributed by atoms with E-state index >= 15 is 0 Å². The minimum Gasteiger partial charge on any atom is -0.462 e. The minimum absolute atomic E-state index is 0.0629. The smallest absolute Gasteiger partial charge is 0.306 e. The lowest BCUT2D eigenvalue weighted by molar-refractivity contribution is -0.167. The van der Waals surface area contributed by atoms with Crippen molar-refractivity contribution in [3.63, 3.8) is 0 Å². The Morgan fingerprint density at radius 3 is 0.754 bits per heavy atom. The number of carbonyl (C=O) groups excluding carboxylic acids is 3. The van der Waals surface area contributed by atoms with E-state index < -0.39 is 6.10 Å². The molecule has 0 aliphatic rings. The quantitative estimate of drug-likeness (QED) is 0.0343. The average Bonchev–Trinajstić information content (AvgIpc) is 3.32. The van der Waals surface area contributed by atoms with Crippen molar-refractivity contribution < 1.29 is 28.6 Å². The molecule has 0 heterocycles. The van der Waals surface area contributed by atoms with E-state index in [1.54, 1.807) is 0 Å². The topological polar surface area (TPSA) is 78.9 Å². The molecule has 0 saturated carbocycles. The lowest BCUT2D eigenvalue weighted by Crippen LogP contribution is -2.30. The van der Waals surface area contributed by atoms with E-state index in [1.165, 1.54) is 231 Å². The van der Waals surface area contributed by atoms with Gasteiger partial charge >= 0.3 is 17.9 Å². The van der Waals surface area contributed by atoms with Crippen molar-refractivity contribution >= 4 is 17.9 Å². The molecule has 410 valence electrons. The number of hydrogen-bond acceptors (Lipinski definition) is 6. The second kappa shape index (κ2) is 54.2. The summed E-state index contributed by atoms with van der Waals surface area (Å²) in [6.45, 7) is 13.8. The second-order valence-corrected chi connectivity index (χ2v) is 22.9. The van der Waals surface area contributed by atoms with Crippen LogP contribution in [0.25, 0.3) is 0 Å². The highest BCUT2D eigenvalue weighted by Gasteiger charge is 2.19. The van der Waals surface area contributed by atoms with Crippen LogP contribution in [-0.4, -0.2) is 37.2 Å². The standard InChI is InChI=1S/C63H122O6/c1-7-59(6)51-45-39-33-27-21-15-12-13-17-23-30-36-42-48-54-63(66)69-60(56-68-62(65)53-47-41-35-29-24-18-20-26-32-38-44-50-58(4)5)55-67-61(64)52-46-40-34-28-22-16-11-9-8-10-14-19-25-31-37-43-49-57(2)3/h57-60H,7-56H2,1-6H3/t59?,60-/m0/s1.